The molecule has 0 radical (unpaired) electrons. The van der Waals surface area contributed by atoms with Gasteiger partial charge in [0, 0.05) is 32.7 Å². The molecule has 0 spiro atoms. The third kappa shape index (κ3) is 8.49. The summed E-state index contributed by atoms with van der Waals surface area (Å²) >= 11 is 0. The first-order valence-corrected chi connectivity index (χ1v) is 13.8. The minimum absolute atomic E-state index is 0.0110. The molecular formula is C30H44N4O3. The van der Waals surface area contributed by atoms with E-state index in [0.29, 0.717) is 37.7 Å². The Morgan fingerprint density at radius 1 is 1.03 bits per heavy atom. The molecule has 1 unspecified atom stereocenters. The number of aromatic nitrogens is 1. The lowest BCUT2D eigenvalue weighted by molar-refractivity contribution is 0.198. The molecule has 2 aromatic carbocycles. The summed E-state index contributed by atoms with van der Waals surface area (Å²) in [6.07, 6.45) is 6.02. The summed E-state index contributed by atoms with van der Waals surface area (Å²) in [6, 6.07) is 16.6. The van der Waals surface area contributed by atoms with E-state index in [9.17, 15) is 9.59 Å². The third-order valence-corrected chi connectivity index (χ3v) is 7.00. The second-order valence-corrected chi connectivity index (χ2v) is 10.1. The fourth-order valence-corrected chi connectivity index (χ4v) is 4.80. The van der Waals surface area contributed by atoms with Gasteiger partial charge in [0.25, 0.3) is 0 Å². The number of unbranched alkanes of at least 4 members (excludes halogenated alkanes) is 1. The van der Waals surface area contributed by atoms with Gasteiger partial charge in [0.05, 0.1) is 5.52 Å². The zero-order valence-corrected chi connectivity index (χ0v) is 23.0. The zero-order valence-electron chi connectivity index (χ0n) is 23.0. The normalized spacial score (nSPS) is 12.2. The van der Waals surface area contributed by atoms with Crippen molar-refractivity contribution in [2.75, 3.05) is 40.3 Å². The summed E-state index contributed by atoms with van der Waals surface area (Å²) in [5, 5.41) is 3.10. The molecule has 1 aromatic heterocycles. The van der Waals surface area contributed by atoms with Crippen LogP contribution in [0, 0.1) is 0 Å². The molecule has 7 heteroatoms. The van der Waals surface area contributed by atoms with E-state index in [2.05, 4.69) is 47.5 Å². The van der Waals surface area contributed by atoms with Crippen molar-refractivity contribution in [3.05, 3.63) is 70.2 Å². The second kappa shape index (κ2) is 14.6. The van der Waals surface area contributed by atoms with Crippen LogP contribution in [0.3, 0.4) is 0 Å². The maximum Gasteiger partial charge on any atom is 0.419 e. The Hall–Kier alpha value is -3.06. The molecule has 202 valence electrons. The lowest BCUT2D eigenvalue weighted by Crippen LogP contribution is -2.41. The molecule has 0 saturated carbocycles. The largest absolute Gasteiger partial charge is 0.419 e. The summed E-state index contributed by atoms with van der Waals surface area (Å²) in [7, 11) is 3.99. The molecule has 1 N–H and O–H groups in total. The number of aryl methyl sites for hydroxylation is 1. The molecule has 1 heterocycles. The number of urea groups is 1. The van der Waals surface area contributed by atoms with Gasteiger partial charge in [-0.1, -0.05) is 49.7 Å². The molecule has 0 aliphatic heterocycles. The van der Waals surface area contributed by atoms with E-state index < -0.39 is 0 Å². The highest BCUT2D eigenvalue weighted by Gasteiger charge is 2.18. The Balaban J connectivity index is 1.54. The summed E-state index contributed by atoms with van der Waals surface area (Å²) in [5.74, 6) is -0.00353. The van der Waals surface area contributed by atoms with Gasteiger partial charge in [-0.05, 0) is 82.3 Å². The number of hydrogen-bond acceptors (Lipinski definition) is 4. The smallest absolute Gasteiger partial charge is 0.408 e. The fourth-order valence-electron chi connectivity index (χ4n) is 4.80. The molecular weight excluding hydrogens is 464 g/mol. The van der Waals surface area contributed by atoms with E-state index >= 15 is 0 Å². The standard InChI is InChI=1S/C30H44N4O3/c1-5-12-25(26-16-17-27-28(23-26)37-30(36)34(27)22-21-32(3)4)18-20-33(6-2)29(35)31-19-11-10-15-24-13-8-7-9-14-24/h7-9,13-14,16-17,23,25H,5-6,10-12,15,18-22H2,1-4H3,(H,31,35). The van der Waals surface area contributed by atoms with Gasteiger partial charge in [0.2, 0.25) is 0 Å². The molecule has 7 nitrogen and oxygen atoms in total. The Kier molecular flexibility index (Phi) is 11.3. The van der Waals surface area contributed by atoms with Crippen LogP contribution in [0.25, 0.3) is 11.1 Å². The molecule has 0 aliphatic rings. The summed E-state index contributed by atoms with van der Waals surface area (Å²) in [5.41, 5.74) is 3.99. The molecule has 0 fully saturated rings. The number of likely N-dealkylation sites (N-methyl/N-ethyl adjacent to an activating group) is 1. The van der Waals surface area contributed by atoms with Crippen LogP contribution < -0.4 is 11.1 Å². The summed E-state index contributed by atoms with van der Waals surface area (Å²) in [6.45, 7) is 7.66. The highest BCUT2D eigenvalue weighted by Crippen LogP contribution is 2.28. The molecule has 3 aromatic rings. The average molecular weight is 509 g/mol. The van der Waals surface area contributed by atoms with E-state index in [1.165, 1.54) is 11.1 Å². The van der Waals surface area contributed by atoms with Crippen molar-refractivity contribution in [2.45, 2.75) is 64.8 Å². The van der Waals surface area contributed by atoms with Crippen molar-refractivity contribution in [3.8, 4) is 0 Å². The Bertz CT molecular complexity index is 1150. The number of fused-ring (bicyclic) bond motifs is 1. The van der Waals surface area contributed by atoms with Gasteiger partial charge >= 0.3 is 11.8 Å². The van der Waals surface area contributed by atoms with Crippen LogP contribution in [0.15, 0.2) is 57.7 Å². The lowest BCUT2D eigenvalue weighted by Gasteiger charge is -2.25. The zero-order chi connectivity index (χ0) is 26.6. The maximum atomic E-state index is 12.8. The van der Waals surface area contributed by atoms with Crippen LogP contribution in [-0.4, -0.2) is 60.7 Å². The van der Waals surface area contributed by atoms with Crippen LogP contribution >= 0.6 is 0 Å². The molecule has 37 heavy (non-hydrogen) atoms. The highest BCUT2D eigenvalue weighted by atomic mass is 16.4. The van der Waals surface area contributed by atoms with Crippen molar-refractivity contribution in [1.29, 1.82) is 0 Å². The van der Waals surface area contributed by atoms with Crippen LogP contribution in [0.2, 0.25) is 0 Å². The number of carbonyl (C=O) groups excluding carboxylic acids is 1. The van der Waals surface area contributed by atoms with Gasteiger partial charge in [-0.3, -0.25) is 4.57 Å². The fraction of sp³-hybridized carbons (Fsp3) is 0.533. The minimum Gasteiger partial charge on any atom is -0.408 e. The number of rotatable bonds is 15. The SMILES string of the molecule is CCCC(CCN(CC)C(=O)NCCCCc1ccccc1)c1ccc2c(c1)oc(=O)n2CCN(C)C. The van der Waals surface area contributed by atoms with Gasteiger partial charge in [0.1, 0.15) is 0 Å². The number of hydrogen-bond donors (Lipinski definition) is 1. The van der Waals surface area contributed by atoms with Crippen LogP contribution in [0.1, 0.15) is 63.0 Å². The van der Waals surface area contributed by atoms with Crippen LogP contribution in [0.4, 0.5) is 4.79 Å². The monoisotopic (exact) mass is 508 g/mol. The first-order chi connectivity index (χ1) is 17.9. The highest BCUT2D eigenvalue weighted by molar-refractivity contribution is 5.74. The van der Waals surface area contributed by atoms with Gasteiger partial charge in [-0.25, -0.2) is 9.59 Å². The predicted molar refractivity (Wildman–Crippen MR) is 151 cm³/mol. The van der Waals surface area contributed by atoms with E-state index in [1.54, 1.807) is 4.57 Å². The van der Waals surface area contributed by atoms with Crippen molar-refractivity contribution in [2.24, 2.45) is 0 Å². The molecule has 0 bridgehead atoms. The Morgan fingerprint density at radius 3 is 2.51 bits per heavy atom. The van der Waals surface area contributed by atoms with Crippen molar-refractivity contribution in [3.63, 3.8) is 0 Å². The summed E-state index contributed by atoms with van der Waals surface area (Å²) in [4.78, 5) is 29.2. The van der Waals surface area contributed by atoms with Crippen molar-refractivity contribution < 1.29 is 9.21 Å². The van der Waals surface area contributed by atoms with Gasteiger partial charge in [0.15, 0.2) is 5.58 Å². The van der Waals surface area contributed by atoms with Crippen molar-refractivity contribution in [1.82, 2.24) is 19.7 Å². The molecule has 0 aliphatic carbocycles. The van der Waals surface area contributed by atoms with E-state index in [4.69, 9.17) is 4.42 Å². The number of amides is 2. The second-order valence-electron chi connectivity index (χ2n) is 10.1. The molecule has 1 atom stereocenters. The maximum absolute atomic E-state index is 12.8. The lowest BCUT2D eigenvalue weighted by atomic mass is 9.91. The first kappa shape index (κ1) is 28.5. The summed E-state index contributed by atoms with van der Waals surface area (Å²) < 4.78 is 7.30. The molecule has 0 saturated heterocycles. The number of nitrogens with zero attached hydrogens (tertiary/aromatic N) is 3. The number of nitrogens with one attached hydrogen (secondary N) is 1. The number of oxazole rings is 1. The van der Waals surface area contributed by atoms with Gasteiger partial charge in [-0.2, -0.15) is 0 Å². The van der Waals surface area contributed by atoms with Gasteiger partial charge < -0.3 is 19.5 Å². The Morgan fingerprint density at radius 2 is 1.81 bits per heavy atom. The predicted octanol–water partition coefficient (Wildman–Crippen LogP) is 5.48. The van der Waals surface area contributed by atoms with Crippen molar-refractivity contribution >= 4 is 17.1 Å². The van der Waals surface area contributed by atoms with Crippen LogP contribution in [0.5, 0.6) is 0 Å². The Labute approximate surface area is 221 Å². The quantitative estimate of drug-likeness (QED) is 0.276. The number of benzene rings is 2. The van der Waals surface area contributed by atoms with Crippen LogP contribution in [-0.2, 0) is 13.0 Å². The first-order valence-electron chi connectivity index (χ1n) is 13.8. The topological polar surface area (TPSA) is 70.7 Å². The van der Waals surface area contributed by atoms with Gasteiger partial charge in [-0.15, -0.1) is 0 Å². The minimum atomic E-state index is -0.307. The molecule has 3 rings (SSSR count). The molecule has 2 amide bonds. The average Bonchev–Trinajstić information content (AvgIpc) is 3.21. The third-order valence-electron chi connectivity index (χ3n) is 7.00. The van der Waals surface area contributed by atoms with E-state index in [1.807, 2.05) is 44.1 Å². The van der Waals surface area contributed by atoms with E-state index in [-0.39, 0.29) is 11.8 Å². The number of carbonyl (C=O) groups is 1. The van der Waals surface area contributed by atoms with E-state index in [0.717, 1.165) is 50.6 Å².